The van der Waals surface area contributed by atoms with Crippen LogP contribution in [0.5, 0.6) is 0 Å². The lowest BCUT2D eigenvalue weighted by Gasteiger charge is -2.50. The Kier molecular flexibility index (Phi) is 10.3. The fraction of sp³-hybridized carbons (Fsp3) is 0.926. The number of nitrogens with zero attached hydrogens (tertiary/aromatic N) is 3. The van der Waals surface area contributed by atoms with Gasteiger partial charge in [-0.2, -0.15) is 0 Å². The van der Waals surface area contributed by atoms with Gasteiger partial charge >= 0.3 is 0 Å². The first-order chi connectivity index (χ1) is 16.1. The predicted octanol–water partition coefficient (Wildman–Crippen LogP) is 4.37. The van der Waals surface area contributed by atoms with Gasteiger partial charge in [0.2, 0.25) is 5.91 Å². The Morgan fingerprint density at radius 3 is 2.29 bits per heavy atom. The average molecular weight is 589 g/mol. The van der Waals surface area contributed by atoms with Crippen LogP contribution >= 0.6 is 22.9 Å². The van der Waals surface area contributed by atoms with E-state index in [0.717, 1.165) is 44.7 Å². The number of piperidine rings is 1. The van der Waals surface area contributed by atoms with Gasteiger partial charge in [-0.25, -0.2) is 0 Å². The molecule has 34 heavy (non-hydrogen) atoms. The van der Waals surface area contributed by atoms with Crippen LogP contribution in [-0.2, 0) is 9.59 Å². The number of halogens is 1. The second-order valence-electron chi connectivity index (χ2n) is 12.5. The van der Waals surface area contributed by atoms with E-state index in [9.17, 15) is 9.59 Å². The van der Waals surface area contributed by atoms with Gasteiger partial charge in [-0.15, -0.1) is 0 Å². The molecule has 0 aromatic carbocycles. The molecule has 196 valence electrons. The molecule has 3 aliphatic rings. The first kappa shape index (κ1) is 28.3. The molecular formula is C27H49IN4O2. The van der Waals surface area contributed by atoms with E-state index >= 15 is 0 Å². The van der Waals surface area contributed by atoms with Crippen LogP contribution in [0.1, 0.15) is 79.1 Å². The van der Waals surface area contributed by atoms with Gasteiger partial charge in [0.25, 0.3) is 0 Å². The lowest BCUT2D eigenvalue weighted by Crippen LogP contribution is -2.67. The molecule has 2 atom stereocenters. The number of likely N-dealkylation sites (tertiary alicyclic amines) is 1. The number of carbonyl (C=O) groups is 2. The van der Waals surface area contributed by atoms with Gasteiger partial charge in [-0.3, -0.25) is 7.91 Å². The molecular weight excluding hydrogens is 539 g/mol. The third-order valence-electron chi connectivity index (χ3n) is 8.61. The molecule has 1 N–H and O–H groups in total. The molecule has 1 aliphatic carbocycles. The second kappa shape index (κ2) is 12.3. The third-order valence-corrected chi connectivity index (χ3v) is 9.00. The van der Waals surface area contributed by atoms with Crippen molar-refractivity contribution >= 4 is 35.1 Å². The van der Waals surface area contributed by atoms with Crippen LogP contribution in [0.25, 0.3) is 0 Å². The van der Waals surface area contributed by atoms with Crippen molar-refractivity contribution in [1.29, 1.82) is 0 Å². The molecule has 0 aromatic rings. The number of aldehydes is 1. The lowest BCUT2D eigenvalue weighted by molar-refractivity contribution is -0.149. The van der Waals surface area contributed by atoms with Crippen molar-refractivity contribution in [2.75, 3.05) is 46.3 Å². The molecule has 0 unspecified atom stereocenters. The standard InChI is InChI=1S/C27H49IN4O2/c1-21(2)16-24-25(34)32(15-12-29-24)27(20-33,17-22(3)4)19-31-13-10-26(11-14-31)8-6-23(7-9-26)18-30(5)28/h20-24,29H,6-19H2,1-5H3/t24-,27+/m0/s1. The van der Waals surface area contributed by atoms with Crippen molar-refractivity contribution in [3.63, 3.8) is 0 Å². The molecule has 2 heterocycles. The highest BCUT2D eigenvalue weighted by molar-refractivity contribution is 14.1. The molecule has 2 aliphatic heterocycles. The van der Waals surface area contributed by atoms with Gasteiger partial charge in [-0.1, -0.05) is 27.7 Å². The lowest BCUT2D eigenvalue weighted by atomic mass is 9.65. The van der Waals surface area contributed by atoms with E-state index in [4.69, 9.17) is 0 Å². The van der Waals surface area contributed by atoms with Crippen molar-refractivity contribution < 1.29 is 9.59 Å². The summed E-state index contributed by atoms with van der Waals surface area (Å²) in [6.07, 6.45) is 10.6. The van der Waals surface area contributed by atoms with Crippen LogP contribution in [0.2, 0.25) is 0 Å². The molecule has 1 amide bonds. The minimum atomic E-state index is -0.713. The van der Waals surface area contributed by atoms with E-state index in [1.54, 1.807) is 0 Å². The summed E-state index contributed by atoms with van der Waals surface area (Å²) in [6.45, 7) is 14.1. The molecule has 0 radical (unpaired) electrons. The van der Waals surface area contributed by atoms with Gasteiger partial charge in [0, 0.05) is 49.0 Å². The Bertz CT molecular complexity index is 668. The number of rotatable bonds is 10. The molecule has 0 aromatic heterocycles. The second-order valence-corrected chi connectivity index (χ2v) is 14.1. The smallest absolute Gasteiger partial charge is 0.240 e. The highest BCUT2D eigenvalue weighted by atomic mass is 127. The molecule has 6 nitrogen and oxygen atoms in total. The van der Waals surface area contributed by atoms with Crippen molar-refractivity contribution in [3.8, 4) is 0 Å². The molecule has 3 rings (SSSR count). The Balaban J connectivity index is 1.66. The maximum atomic E-state index is 13.5. The fourth-order valence-electron chi connectivity index (χ4n) is 6.85. The summed E-state index contributed by atoms with van der Waals surface area (Å²) in [7, 11) is 2.17. The van der Waals surface area contributed by atoms with E-state index in [-0.39, 0.29) is 11.9 Å². The molecule has 1 saturated carbocycles. The van der Waals surface area contributed by atoms with Crippen LogP contribution in [0, 0.1) is 23.2 Å². The van der Waals surface area contributed by atoms with Crippen molar-refractivity contribution in [1.82, 2.24) is 18.2 Å². The topological polar surface area (TPSA) is 55.9 Å². The number of amides is 1. The summed E-state index contributed by atoms with van der Waals surface area (Å²) >= 11 is 2.41. The number of hydrogen-bond acceptors (Lipinski definition) is 5. The van der Waals surface area contributed by atoms with Crippen molar-refractivity contribution in [2.24, 2.45) is 23.2 Å². The van der Waals surface area contributed by atoms with E-state index in [1.165, 1.54) is 45.1 Å². The average Bonchev–Trinajstić information content (AvgIpc) is 2.77. The van der Waals surface area contributed by atoms with E-state index in [1.807, 2.05) is 4.90 Å². The van der Waals surface area contributed by atoms with Crippen LogP contribution in [0.3, 0.4) is 0 Å². The Morgan fingerprint density at radius 2 is 1.76 bits per heavy atom. The molecule has 1 spiro atoms. The molecule has 0 bridgehead atoms. The summed E-state index contributed by atoms with van der Waals surface area (Å²) in [5, 5.41) is 3.41. The van der Waals surface area contributed by atoms with Gasteiger partial charge in [-0.05, 0) is 94.7 Å². The SMILES string of the molecule is CC(C)C[C@@H]1NCCN([C@](C=O)(CC(C)C)CN2CCC3(CCC(CN(C)I)CC3)CC2)C1=O. The quantitative estimate of drug-likeness (QED) is 0.234. The number of carbonyl (C=O) groups excluding carboxylic acids is 2. The van der Waals surface area contributed by atoms with Crippen LogP contribution in [0.15, 0.2) is 0 Å². The molecule has 7 heteroatoms. The molecule has 3 fully saturated rings. The summed E-state index contributed by atoms with van der Waals surface area (Å²) in [4.78, 5) is 30.8. The zero-order valence-corrected chi connectivity index (χ0v) is 24.5. The predicted molar refractivity (Wildman–Crippen MR) is 148 cm³/mol. The van der Waals surface area contributed by atoms with Gasteiger partial charge in [0.1, 0.15) is 11.8 Å². The van der Waals surface area contributed by atoms with E-state index < -0.39 is 5.54 Å². The van der Waals surface area contributed by atoms with Crippen LogP contribution in [-0.4, -0.2) is 83.0 Å². The summed E-state index contributed by atoms with van der Waals surface area (Å²) in [5.41, 5.74) is -0.207. The summed E-state index contributed by atoms with van der Waals surface area (Å²) < 4.78 is 2.31. The van der Waals surface area contributed by atoms with Crippen LogP contribution in [0.4, 0.5) is 0 Å². The van der Waals surface area contributed by atoms with Crippen LogP contribution < -0.4 is 5.32 Å². The first-order valence-electron chi connectivity index (χ1n) is 13.7. The fourth-order valence-corrected chi connectivity index (χ4v) is 7.41. The number of hydrogen-bond donors (Lipinski definition) is 1. The zero-order valence-electron chi connectivity index (χ0n) is 22.3. The van der Waals surface area contributed by atoms with Gasteiger partial charge < -0.3 is 19.9 Å². The third kappa shape index (κ3) is 7.16. The highest BCUT2D eigenvalue weighted by Gasteiger charge is 2.46. The summed E-state index contributed by atoms with van der Waals surface area (Å²) in [6, 6.07) is -0.165. The monoisotopic (exact) mass is 588 g/mol. The minimum absolute atomic E-state index is 0.125. The maximum Gasteiger partial charge on any atom is 0.240 e. The maximum absolute atomic E-state index is 13.5. The number of nitrogens with one attached hydrogen (secondary N) is 1. The van der Waals surface area contributed by atoms with Crippen molar-refractivity contribution in [2.45, 2.75) is 90.6 Å². The normalized spacial score (nSPS) is 26.6. The summed E-state index contributed by atoms with van der Waals surface area (Å²) in [5.74, 6) is 1.78. The van der Waals surface area contributed by atoms with E-state index in [2.05, 4.69) is 70.9 Å². The first-order valence-corrected chi connectivity index (χ1v) is 14.6. The highest BCUT2D eigenvalue weighted by Crippen LogP contribution is 2.46. The number of piperazine rings is 1. The minimum Gasteiger partial charge on any atom is -0.326 e. The Morgan fingerprint density at radius 1 is 1.12 bits per heavy atom. The van der Waals surface area contributed by atoms with Gasteiger partial charge in [0.05, 0.1) is 6.04 Å². The van der Waals surface area contributed by atoms with E-state index in [0.29, 0.717) is 30.3 Å². The largest absolute Gasteiger partial charge is 0.326 e. The molecule has 2 saturated heterocycles. The van der Waals surface area contributed by atoms with Gasteiger partial charge in [0.15, 0.2) is 0 Å². The zero-order chi connectivity index (χ0) is 24.9. The Labute approximate surface area is 222 Å². The van der Waals surface area contributed by atoms with Crippen molar-refractivity contribution in [3.05, 3.63) is 0 Å². The Hall–Kier alpha value is -0.250.